The molecule has 3 heterocycles. The quantitative estimate of drug-likeness (QED) is 0.575. The molecular weight excluding hydrogens is 450 g/mol. The Morgan fingerprint density at radius 2 is 1.68 bits per heavy atom. The monoisotopic (exact) mass is 483 g/mol. The molecule has 2 aromatic heterocycles. The maximum atomic E-state index is 6.16. The largest absolute Gasteiger partial charge is 0.489 e. The predicted octanol–water partition coefficient (Wildman–Crippen LogP) is 3.40. The number of hydrogen-bond donors (Lipinski definition) is 1. The third-order valence-corrected chi connectivity index (χ3v) is 6.88. The summed E-state index contributed by atoms with van der Waals surface area (Å²) in [6.07, 6.45) is 11.5. The Morgan fingerprint density at radius 3 is 2.41 bits per heavy atom. The minimum Gasteiger partial charge on any atom is -0.489 e. The van der Waals surface area contributed by atoms with Crippen molar-refractivity contribution in [3.63, 3.8) is 0 Å². The molecule has 5 rings (SSSR count). The van der Waals surface area contributed by atoms with Gasteiger partial charge in [0.05, 0.1) is 24.7 Å². The summed E-state index contributed by atoms with van der Waals surface area (Å²) in [5.41, 5.74) is 10.0. The van der Waals surface area contributed by atoms with Crippen LogP contribution in [-0.4, -0.2) is 70.5 Å². The lowest BCUT2D eigenvalue weighted by Gasteiger charge is -2.34. The molecule has 2 fully saturated rings. The van der Waals surface area contributed by atoms with E-state index in [0.717, 1.165) is 68.8 Å². The number of nitrogens with two attached hydrogens (primary N) is 1. The lowest BCUT2D eigenvalue weighted by atomic mass is 9.87. The van der Waals surface area contributed by atoms with E-state index in [-0.39, 0.29) is 12.4 Å². The van der Waals surface area contributed by atoms with Gasteiger partial charge in [0.2, 0.25) is 0 Å². The van der Waals surface area contributed by atoms with Gasteiger partial charge >= 0.3 is 0 Å². The molecule has 0 bridgehead atoms. The van der Waals surface area contributed by atoms with E-state index in [1.807, 2.05) is 17.1 Å². The van der Waals surface area contributed by atoms with Gasteiger partial charge in [-0.1, -0.05) is 0 Å². The van der Waals surface area contributed by atoms with Crippen molar-refractivity contribution in [3.05, 3.63) is 49.2 Å². The van der Waals surface area contributed by atoms with Crippen LogP contribution >= 0.6 is 12.4 Å². The molecule has 0 unspecified atom stereocenters. The van der Waals surface area contributed by atoms with Crippen LogP contribution in [-0.2, 0) is 0 Å². The van der Waals surface area contributed by atoms with Gasteiger partial charge in [-0.3, -0.25) is 0 Å². The second kappa shape index (κ2) is 11.2. The number of nitrogens with zero attached hydrogens (tertiary/aromatic N) is 6. The normalized spacial score (nSPS) is 21.2. The van der Waals surface area contributed by atoms with E-state index in [4.69, 9.17) is 10.5 Å². The van der Waals surface area contributed by atoms with Crippen LogP contribution in [0.2, 0.25) is 0 Å². The summed E-state index contributed by atoms with van der Waals surface area (Å²) in [6.45, 7) is 5.00. The van der Waals surface area contributed by atoms with Crippen molar-refractivity contribution in [1.29, 1.82) is 0 Å². The number of halogens is 1. The minimum absolute atomic E-state index is 0. The molecule has 2 N–H and O–H groups in total. The fraction of sp³-hybridized carbons (Fsp3) is 0.480. The average Bonchev–Trinajstić information content (AvgIpc) is 3.35. The second-order valence-electron chi connectivity index (χ2n) is 9.31. The molecule has 182 valence electrons. The van der Waals surface area contributed by atoms with Crippen LogP contribution < -0.4 is 15.4 Å². The third-order valence-electron chi connectivity index (χ3n) is 6.88. The van der Waals surface area contributed by atoms with Crippen molar-refractivity contribution in [2.75, 3.05) is 44.7 Å². The Bertz CT molecular complexity index is 1040. The number of rotatable bonds is 6. The highest BCUT2D eigenvalue weighted by Gasteiger charge is 2.20. The molecule has 9 heteroatoms. The summed E-state index contributed by atoms with van der Waals surface area (Å²) in [7, 11) is 2.18. The molecule has 1 aromatic carbocycles. The van der Waals surface area contributed by atoms with Gasteiger partial charge in [0.25, 0.3) is 0 Å². The van der Waals surface area contributed by atoms with E-state index < -0.39 is 0 Å². The molecule has 0 amide bonds. The van der Waals surface area contributed by atoms with Gasteiger partial charge in [-0.05, 0) is 62.9 Å². The van der Waals surface area contributed by atoms with Crippen molar-refractivity contribution in [1.82, 2.24) is 24.6 Å². The number of benzene rings is 1. The fourth-order valence-electron chi connectivity index (χ4n) is 4.67. The molecule has 34 heavy (non-hydrogen) atoms. The molecule has 2 aliphatic rings. The third kappa shape index (κ3) is 5.68. The second-order valence-corrected chi connectivity index (χ2v) is 9.31. The van der Waals surface area contributed by atoms with Crippen LogP contribution in [0.25, 0.3) is 16.9 Å². The number of likely N-dealkylation sites (N-methyl/N-ethyl adjacent to an activating group) is 1. The lowest BCUT2D eigenvalue weighted by molar-refractivity contribution is 0.200. The van der Waals surface area contributed by atoms with Crippen LogP contribution in [0.15, 0.2) is 49.2 Å². The molecule has 0 spiro atoms. The van der Waals surface area contributed by atoms with Gasteiger partial charge in [-0.25, -0.2) is 14.6 Å². The number of piperazine rings is 1. The van der Waals surface area contributed by atoms with Crippen LogP contribution in [0.5, 0.6) is 5.75 Å². The van der Waals surface area contributed by atoms with Crippen LogP contribution in [0.3, 0.4) is 0 Å². The Labute approximate surface area is 207 Å². The number of hydrogen-bond acceptors (Lipinski definition) is 7. The first-order valence-electron chi connectivity index (χ1n) is 11.9. The highest BCUT2D eigenvalue weighted by atomic mass is 35.5. The summed E-state index contributed by atoms with van der Waals surface area (Å²) in [6, 6.07) is 8.94. The molecule has 1 saturated heterocycles. The van der Waals surface area contributed by atoms with Crippen LogP contribution in [0.1, 0.15) is 25.7 Å². The van der Waals surface area contributed by atoms with Crippen molar-refractivity contribution >= 4 is 18.1 Å². The van der Waals surface area contributed by atoms with E-state index in [1.165, 1.54) is 5.69 Å². The SMILES string of the molecule is CN1CCN(c2ccc(-n3cc(-c4ncncc4OCC4CCC(N)CC4)cn3)cc2)CC1.Cl. The van der Waals surface area contributed by atoms with Gasteiger partial charge in [0.1, 0.15) is 12.0 Å². The van der Waals surface area contributed by atoms with E-state index in [0.29, 0.717) is 24.3 Å². The first-order valence-corrected chi connectivity index (χ1v) is 11.9. The highest BCUT2D eigenvalue weighted by molar-refractivity contribution is 5.85. The standard InChI is InChI=1S/C25H33N7O.ClH/c1-30-10-12-31(13-11-30)22-6-8-23(9-7-22)32-16-20(14-29-32)25-24(15-27-18-28-25)33-17-19-2-4-21(26)5-3-19;/h6-9,14-16,18-19,21H,2-5,10-13,17,26H2,1H3;1H. The highest BCUT2D eigenvalue weighted by Crippen LogP contribution is 2.30. The predicted molar refractivity (Wildman–Crippen MR) is 137 cm³/mol. The van der Waals surface area contributed by atoms with Crippen molar-refractivity contribution < 1.29 is 4.74 Å². The van der Waals surface area contributed by atoms with Crippen LogP contribution in [0, 0.1) is 5.92 Å². The Balaban J connectivity index is 0.00000274. The number of ether oxygens (including phenoxy) is 1. The number of anilines is 1. The molecule has 0 radical (unpaired) electrons. The van der Waals surface area contributed by atoms with Gasteiger partial charge in [-0.15, -0.1) is 12.4 Å². The summed E-state index contributed by atoms with van der Waals surface area (Å²) in [4.78, 5) is 13.5. The first-order chi connectivity index (χ1) is 16.2. The van der Waals surface area contributed by atoms with Gasteiger partial charge in [-0.2, -0.15) is 5.10 Å². The van der Waals surface area contributed by atoms with Gasteiger partial charge in [0.15, 0.2) is 5.75 Å². The molecule has 1 aliphatic carbocycles. The Morgan fingerprint density at radius 1 is 0.971 bits per heavy atom. The van der Waals surface area contributed by atoms with Crippen molar-refractivity contribution in [3.8, 4) is 22.7 Å². The van der Waals surface area contributed by atoms with E-state index in [2.05, 4.69) is 56.2 Å². The van der Waals surface area contributed by atoms with E-state index in [1.54, 1.807) is 12.5 Å². The zero-order valence-electron chi connectivity index (χ0n) is 19.7. The Hall–Kier alpha value is -2.68. The summed E-state index contributed by atoms with van der Waals surface area (Å²) in [5.74, 6) is 1.25. The lowest BCUT2D eigenvalue weighted by Crippen LogP contribution is -2.44. The molecule has 0 atom stereocenters. The smallest absolute Gasteiger partial charge is 0.163 e. The summed E-state index contributed by atoms with van der Waals surface area (Å²) < 4.78 is 8.05. The van der Waals surface area contributed by atoms with E-state index in [9.17, 15) is 0 Å². The first kappa shape index (κ1) is 24.4. The molecule has 8 nitrogen and oxygen atoms in total. The fourth-order valence-corrected chi connectivity index (χ4v) is 4.67. The zero-order chi connectivity index (χ0) is 22.6. The molecule has 1 saturated carbocycles. The zero-order valence-corrected chi connectivity index (χ0v) is 20.5. The van der Waals surface area contributed by atoms with Crippen molar-refractivity contribution in [2.45, 2.75) is 31.7 Å². The average molecular weight is 484 g/mol. The molecule has 3 aromatic rings. The summed E-state index contributed by atoms with van der Waals surface area (Å²) >= 11 is 0. The maximum absolute atomic E-state index is 6.16. The molecular formula is C25H34ClN7O. The van der Waals surface area contributed by atoms with Crippen LogP contribution in [0.4, 0.5) is 5.69 Å². The number of aromatic nitrogens is 4. The molecule has 1 aliphatic heterocycles. The van der Waals surface area contributed by atoms with Gasteiger partial charge < -0.3 is 20.3 Å². The topological polar surface area (TPSA) is 85.3 Å². The van der Waals surface area contributed by atoms with Crippen molar-refractivity contribution in [2.24, 2.45) is 11.7 Å². The Kier molecular flexibility index (Phi) is 8.03. The minimum atomic E-state index is 0. The maximum Gasteiger partial charge on any atom is 0.163 e. The van der Waals surface area contributed by atoms with Gasteiger partial charge in [0, 0.05) is 49.7 Å². The summed E-state index contributed by atoms with van der Waals surface area (Å²) in [5, 5.41) is 4.58. The van der Waals surface area contributed by atoms with E-state index >= 15 is 0 Å².